The van der Waals surface area contributed by atoms with Crippen molar-refractivity contribution in [3.05, 3.63) is 0 Å². The van der Waals surface area contributed by atoms with E-state index >= 15 is 0 Å². The van der Waals surface area contributed by atoms with Crippen molar-refractivity contribution in [3.8, 4) is 0 Å². The molecule has 0 saturated carbocycles. The molecule has 0 saturated heterocycles. The van der Waals surface area contributed by atoms with Crippen LogP contribution >= 0.6 is 0 Å². The lowest BCUT2D eigenvalue weighted by molar-refractivity contribution is -0.371. The third kappa shape index (κ3) is 152. The zero-order chi connectivity index (χ0) is 81.1. The number of hydroxylamine groups is 12. The molecule has 0 spiro atoms. The minimum Gasteiger partial charge on any atom is -0.483 e. The van der Waals surface area contributed by atoms with E-state index in [1.165, 1.54) is 31.4 Å². The first-order valence-corrected chi connectivity index (χ1v) is 34.1. The average Bonchev–Trinajstić information content (AvgIpc) is 2.00. The Hall–Kier alpha value is -4.38. The molecule has 0 heterocycles. The number of hydrogen-bond donors (Lipinski definition) is 18. The SMILES string of the molecule is CC(=O)O.CCC(=O)O.CCCC(=O)O.CCCCN(OCCO)OCCO.CCCCN(OCCO)OCCO.CCCCN(OCCO)OCCO.CCCCN(OCCO)OCCO.CCCCN(OCCO)OCCO.CCCCN(OCCO)OCCO.O=C(O)CC(=O)O.O=CO. The Morgan fingerprint density at radius 1 is 0.272 bits per heavy atom. The second kappa shape index (κ2) is 119. The molecule has 42 heteroatoms. The summed E-state index contributed by atoms with van der Waals surface area (Å²) in [7, 11) is 0. The molecular formula is C61H138N6O36. The summed E-state index contributed by atoms with van der Waals surface area (Å²) in [6, 6.07) is 0. The second-order valence-corrected chi connectivity index (χ2v) is 18.6. The summed E-state index contributed by atoms with van der Waals surface area (Å²) < 4.78 is 0. The summed E-state index contributed by atoms with van der Waals surface area (Å²) in [5.74, 6) is -4.91. The van der Waals surface area contributed by atoms with E-state index in [2.05, 4.69) is 41.5 Å². The Labute approximate surface area is 607 Å². The molecule has 103 heavy (non-hydrogen) atoms. The van der Waals surface area contributed by atoms with E-state index in [1.807, 2.05) is 6.92 Å². The van der Waals surface area contributed by atoms with Crippen molar-refractivity contribution in [1.29, 1.82) is 0 Å². The first-order chi connectivity index (χ1) is 49.4. The van der Waals surface area contributed by atoms with Crippen LogP contribution in [0.4, 0.5) is 0 Å². The summed E-state index contributed by atoms with van der Waals surface area (Å²) >= 11 is 0. The van der Waals surface area contributed by atoms with Gasteiger partial charge in [0.15, 0.2) is 0 Å². The molecule has 18 N–H and O–H groups in total. The maximum atomic E-state index is 9.60. The highest BCUT2D eigenvalue weighted by Crippen LogP contribution is 2.02. The van der Waals surface area contributed by atoms with E-state index in [4.69, 9.17) is 160 Å². The van der Waals surface area contributed by atoms with Crippen molar-refractivity contribution < 1.29 is 179 Å². The molecule has 0 fully saturated rings. The van der Waals surface area contributed by atoms with Gasteiger partial charge < -0.3 is 91.9 Å². The number of carboxylic acids is 5. The number of carbonyl (C=O) groups is 6. The Bertz CT molecular complexity index is 1260. The summed E-state index contributed by atoms with van der Waals surface area (Å²) in [5, 5.41) is 155. The van der Waals surface area contributed by atoms with Gasteiger partial charge in [-0.05, 0) is 44.9 Å². The van der Waals surface area contributed by atoms with Crippen LogP contribution in [-0.4, -0.2) is 357 Å². The van der Waals surface area contributed by atoms with Crippen LogP contribution in [0.1, 0.15) is 165 Å². The number of aliphatic hydroxyl groups is 12. The maximum Gasteiger partial charge on any atom is 0.314 e. The zero-order valence-corrected chi connectivity index (χ0v) is 62.7. The molecule has 0 aliphatic heterocycles. The van der Waals surface area contributed by atoms with Crippen LogP contribution < -0.4 is 0 Å². The fraction of sp³-hybridized carbons (Fsp3) is 0.902. The van der Waals surface area contributed by atoms with Crippen molar-refractivity contribution in [2.24, 2.45) is 0 Å². The third-order valence-corrected chi connectivity index (χ3v) is 9.15. The molecule has 0 bridgehead atoms. The molecule has 0 aromatic rings. The Balaban J connectivity index is -0.000000103. The van der Waals surface area contributed by atoms with Gasteiger partial charge in [0.1, 0.15) is 6.42 Å². The lowest BCUT2D eigenvalue weighted by atomic mass is 10.3. The van der Waals surface area contributed by atoms with Crippen LogP contribution in [0.5, 0.6) is 0 Å². The van der Waals surface area contributed by atoms with Crippen LogP contribution in [0.3, 0.4) is 0 Å². The number of hydrogen-bond acceptors (Lipinski definition) is 36. The summed E-state index contributed by atoms with van der Waals surface area (Å²) in [5.41, 5.74) is 0. The van der Waals surface area contributed by atoms with E-state index in [9.17, 15) is 19.2 Å². The minimum atomic E-state index is -1.31. The number of aliphatic carboxylic acids is 5. The highest BCUT2D eigenvalue weighted by molar-refractivity contribution is 5.88. The number of unbranched alkanes of at least 4 members (excludes halogenated alkanes) is 6. The molecule has 0 aliphatic rings. The Kier molecular flexibility index (Phi) is 141. The Morgan fingerprint density at radius 3 is 0.447 bits per heavy atom. The lowest BCUT2D eigenvalue weighted by Gasteiger charge is -2.19. The van der Waals surface area contributed by atoms with E-state index in [-0.39, 0.29) is 171 Å². The highest BCUT2D eigenvalue weighted by Gasteiger charge is 2.09. The fourth-order valence-electron chi connectivity index (χ4n) is 4.78. The van der Waals surface area contributed by atoms with E-state index < -0.39 is 36.3 Å². The predicted molar refractivity (Wildman–Crippen MR) is 368 cm³/mol. The zero-order valence-electron chi connectivity index (χ0n) is 62.7. The number of aliphatic hydroxyl groups excluding tert-OH is 12. The van der Waals surface area contributed by atoms with Crippen molar-refractivity contribution in [3.63, 3.8) is 0 Å². The number of rotatable bonds is 59. The van der Waals surface area contributed by atoms with Crippen LogP contribution in [0, 0.1) is 0 Å². The van der Waals surface area contributed by atoms with Gasteiger partial charge in [-0.3, -0.25) is 86.8 Å². The highest BCUT2D eigenvalue weighted by atomic mass is 17.0. The first kappa shape index (κ1) is 122. The van der Waals surface area contributed by atoms with E-state index in [1.54, 1.807) is 6.92 Å². The molecule has 628 valence electrons. The Morgan fingerprint density at radius 2 is 0.398 bits per heavy atom. The van der Waals surface area contributed by atoms with Gasteiger partial charge in [-0.15, -0.1) is 0 Å². The van der Waals surface area contributed by atoms with Gasteiger partial charge >= 0.3 is 23.9 Å². The molecule has 0 aromatic carbocycles. The monoisotopic (exact) mass is 1530 g/mol. The summed E-state index contributed by atoms with van der Waals surface area (Å²) in [6.45, 7) is 22.7. The molecule has 0 atom stereocenters. The molecule has 0 aromatic heterocycles. The average molecular weight is 1530 g/mol. The second-order valence-electron chi connectivity index (χ2n) is 18.6. The van der Waals surface area contributed by atoms with Crippen LogP contribution in [0.2, 0.25) is 0 Å². The van der Waals surface area contributed by atoms with Crippen molar-refractivity contribution in [2.75, 3.05) is 198 Å². The van der Waals surface area contributed by atoms with Crippen molar-refractivity contribution in [1.82, 2.24) is 31.4 Å². The van der Waals surface area contributed by atoms with Gasteiger partial charge in [-0.1, -0.05) is 125 Å². The minimum absolute atomic E-state index is 0.0366. The van der Waals surface area contributed by atoms with Gasteiger partial charge in [0, 0.05) is 19.8 Å². The van der Waals surface area contributed by atoms with Crippen molar-refractivity contribution in [2.45, 2.75) is 165 Å². The third-order valence-electron chi connectivity index (χ3n) is 9.15. The smallest absolute Gasteiger partial charge is 0.314 e. The van der Waals surface area contributed by atoms with Gasteiger partial charge in [0.2, 0.25) is 0 Å². The lowest BCUT2D eigenvalue weighted by Crippen LogP contribution is -2.28. The molecule has 0 amide bonds. The largest absolute Gasteiger partial charge is 0.483 e. The molecule has 0 rings (SSSR count). The van der Waals surface area contributed by atoms with Gasteiger partial charge in [0.05, 0.1) is 198 Å². The van der Waals surface area contributed by atoms with Crippen LogP contribution in [-0.2, 0) is 86.8 Å². The van der Waals surface area contributed by atoms with Gasteiger partial charge in [0.25, 0.3) is 12.4 Å². The van der Waals surface area contributed by atoms with Gasteiger partial charge in [-0.2, -0.15) is 0 Å². The topological polar surface area (TPSA) is 597 Å². The normalized spacial score (nSPS) is 10.1. The quantitative estimate of drug-likeness (QED) is 0.0221. The van der Waals surface area contributed by atoms with Crippen LogP contribution in [0.15, 0.2) is 0 Å². The van der Waals surface area contributed by atoms with Crippen molar-refractivity contribution >= 4 is 36.3 Å². The van der Waals surface area contributed by atoms with E-state index in [0.29, 0.717) is 45.7 Å². The molecule has 0 unspecified atom stereocenters. The van der Waals surface area contributed by atoms with Crippen LogP contribution in [0.25, 0.3) is 0 Å². The van der Waals surface area contributed by atoms with Gasteiger partial charge in [-0.25, -0.2) is 0 Å². The number of carboxylic acid groups (broad SMARTS) is 6. The molecule has 0 radical (unpaired) electrons. The number of nitrogens with zero attached hydrogens (tertiary/aromatic N) is 6. The maximum absolute atomic E-state index is 9.60. The first-order valence-electron chi connectivity index (χ1n) is 34.1. The molecule has 0 aliphatic carbocycles. The van der Waals surface area contributed by atoms with E-state index in [0.717, 1.165) is 90.4 Å². The molecular weight excluding hydrogens is 1390 g/mol. The predicted octanol–water partition coefficient (Wildman–Crippen LogP) is 0.307. The summed E-state index contributed by atoms with van der Waals surface area (Å²) in [4.78, 5) is 116. The molecule has 42 nitrogen and oxygen atoms in total. The fourth-order valence-corrected chi connectivity index (χ4v) is 4.78. The summed E-state index contributed by atoms with van der Waals surface area (Å²) in [6.07, 6.45) is 12.4. The standard InChI is InChI=1S/6C8H19NO4.C4H8O2.C3H4O4.C3H6O2.C2H4O2.CH2O2/c6*1-2-3-4-9(12-7-5-10)13-8-6-11;1-2-3-4(5)6;4-2(5)1-3(6)7;1-2-3(4)5;1-2(3)4;2-1-3/h6*10-11H,2-8H2,1H3;2-3H2,1H3,(H,5,6);1H2,(H,4,5)(H,6,7);2H2,1H3,(H,4,5);1H3,(H,3,4);1H,(H,2,3).